The first-order valence-corrected chi connectivity index (χ1v) is 4.29. The Hall–Kier alpha value is -1.30. The Balaban J connectivity index is 2.33. The van der Waals surface area contributed by atoms with Crippen LogP contribution in [0.5, 0.6) is 0 Å². The van der Waals surface area contributed by atoms with E-state index in [2.05, 4.69) is 43.0 Å². The van der Waals surface area contributed by atoms with Gasteiger partial charge in [0.05, 0.1) is 0 Å². The average molecular weight is 156 g/mol. The van der Waals surface area contributed by atoms with Crippen LogP contribution in [0.3, 0.4) is 0 Å². The van der Waals surface area contributed by atoms with Gasteiger partial charge in [-0.15, -0.1) is 6.58 Å². The van der Waals surface area contributed by atoms with Gasteiger partial charge in [0.2, 0.25) is 0 Å². The molecule has 0 N–H and O–H groups in total. The summed E-state index contributed by atoms with van der Waals surface area (Å²) in [4.78, 5) is 0. The number of hydrogen-bond donors (Lipinski definition) is 0. The maximum atomic E-state index is 3.75. The third-order valence-corrected chi connectivity index (χ3v) is 2.30. The molecule has 1 unspecified atom stereocenters. The average Bonchev–Trinajstić information content (AvgIpc) is 2.50. The third-order valence-electron chi connectivity index (χ3n) is 2.30. The summed E-state index contributed by atoms with van der Waals surface area (Å²) in [7, 11) is 0. The third kappa shape index (κ3) is 1.10. The van der Waals surface area contributed by atoms with Gasteiger partial charge in [0.1, 0.15) is 0 Å². The zero-order valence-corrected chi connectivity index (χ0v) is 7.03. The Morgan fingerprint density at radius 3 is 3.00 bits per heavy atom. The topological polar surface area (TPSA) is 0 Å². The molecule has 2 rings (SSSR count). The Labute approximate surface area is 73.3 Å². The molecule has 0 saturated carbocycles. The predicted molar refractivity (Wildman–Crippen MR) is 52.8 cm³/mol. The summed E-state index contributed by atoms with van der Waals surface area (Å²) >= 11 is 0. The van der Waals surface area contributed by atoms with Gasteiger partial charge in [0.25, 0.3) is 0 Å². The van der Waals surface area contributed by atoms with Crippen LogP contribution in [0.2, 0.25) is 0 Å². The standard InChI is InChI=1S/C12H12/c1-2-5-10-8-9-11-6-3-4-7-12(10)11/h2-4,6-9,11H,1,5H2. The van der Waals surface area contributed by atoms with Gasteiger partial charge in [0.15, 0.2) is 0 Å². The highest BCUT2D eigenvalue weighted by Gasteiger charge is 2.15. The molecule has 60 valence electrons. The van der Waals surface area contributed by atoms with Crippen molar-refractivity contribution in [2.24, 2.45) is 5.92 Å². The number of allylic oxidation sites excluding steroid dienone is 9. The zero-order chi connectivity index (χ0) is 8.39. The van der Waals surface area contributed by atoms with Crippen LogP contribution < -0.4 is 0 Å². The van der Waals surface area contributed by atoms with Crippen molar-refractivity contribution >= 4 is 0 Å². The van der Waals surface area contributed by atoms with Crippen LogP contribution in [0.15, 0.2) is 60.3 Å². The van der Waals surface area contributed by atoms with E-state index in [1.165, 1.54) is 11.1 Å². The monoisotopic (exact) mass is 156 g/mol. The molecule has 0 aromatic heterocycles. The van der Waals surface area contributed by atoms with Crippen LogP contribution in [0.4, 0.5) is 0 Å². The molecule has 0 aromatic rings. The van der Waals surface area contributed by atoms with E-state index in [-0.39, 0.29) is 0 Å². The molecule has 0 bridgehead atoms. The van der Waals surface area contributed by atoms with Crippen molar-refractivity contribution in [2.75, 3.05) is 0 Å². The second-order valence-corrected chi connectivity index (χ2v) is 3.10. The maximum Gasteiger partial charge on any atom is 0.0207 e. The highest BCUT2D eigenvalue weighted by atomic mass is 14.2. The molecular weight excluding hydrogens is 144 g/mol. The lowest BCUT2D eigenvalue weighted by Crippen LogP contribution is -1.95. The first-order chi connectivity index (χ1) is 5.92. The summed E-state index contributed by atoms with van der Waals surface area (Å²) in [6.07, 6.45) is 16.0. The molecule has 0 fully saturated rings. The van der Waals surface area contributed by atoms with Gasteiger partial charge in [0, 0.05) is 5.92 Å². The molecule has 0 amide bonds. The Morgan fingerprint density at radius 2 is 2.17 bits per heavy atom. The van der Waals surface area contributed by atoms with Crippen LogP contribution in [-0.4, -0.2) is 0 Å². The van der Waals surface area contributed by atoms with E-state index >= 15 is 0 Å². The van der Waals surface area contributed by atoms with Crippen LogP contribution in [0, 0.1) is 5.92 Å². The van der Waals surface area contributed by atoms with Crippen molar-refractivity contribution in [1.29, 1.82) is 0 Å². The van der Waals surface area contributed by atoms with E-state index < -0.39 is 0 Å². The molecule has 0 heteroatoms. The van der Waals surface area contributed by atoms with E-state index in [9.17, 15) is 0 Å². The van der Waals surface area contributed by atoms with Gasteiger partial charge in [-0.3, -0.25) is 0 Å². The molecule has 2 aliphatic rings. The van der Waals surface area contributed by atoms with Crippen molar-refractivity contribution in [3.05, 3.63) is 60.3 Å². The molecule has 0 saturated heterocycles. The van der Waals surface area contributed by atoms with Gasteiger partial charge >= 0.3 is 0 Å². The molecule has 0 aliphatic heterocycles. The summed E-state index contributed by atoms with van der Waals surface area (Å²) in [5, 5.41) is 0. The number of rotatable bonds is 2. The van der Waals surface area contributed by atoms with E-state index in [4.69, 9.17) is 0 Å². The van der Waals surface area contributed by atoms with Crippen LogP contribution in [-0.2, 0) is 0 Å². The predicted octanol–water partition coefficient (Wildman–Crippen LogP) is 3.17. The van der Waals surface area contributed by atoms with Gasteiger partial charge in [-0.05, 0) is 17.6 Å². The SMILES string of the molecule is C=CCC1=C2C=CC=CC2C=C1. The summed E-state index contributed by atoms with van der Waals surface area (Å²) in [6, 6.07) is 0. The normalized spacial score (nSPS) is 24.8. The van der Waals surface area contributed by atoms with Gasteiger partial charge in [-0.2, -0.15) is 0 Å². The van der Waals surface area contributed by atoms with E-state index in [0.717, 1.165) is 6.42 Å². The highest BCUT2D eigenvalue weighted by molar-refractivity contribution is 5.49. The molecule has 12 heavy (non-hydrogen) atoms. The summed E-state index contributed by atoms with van der Waals surface area (Å²) in [5.74, 6) is 0.532. The second-order valence-electron chi connectivity index (χ2n) is 3.10. The maximum absolute atomic E-state index is 3.75. The zero-order valence-electron chi connectivity index (χ0n) is 7.03. The lowest BCUT2D eigenvalue weighted by molar-refractivity contribution is 1.00. The fourth-order valence-electron chi connectivity index (χ4n) is 1.70. The number of fused-ring (bicyclic) bond motifs is 1. The molecule has 0 radical (unpaired) electrons. The summed E-state index contributed by atoms with van der Waals surface area (Å²) in [5.41, 5.74) is 2.85. The summed E-state index contributed by atoms with van der Waals surface area (Å²) in [6.45, 7) is 3.75. The fourth-order valence-corrected chi connectivity index (χ4v) is 1.70. The minimum Gasteiger partial charge on any atom is -0.103 e. The van der Waals surface area contributed by atoms with Crippen LogP contribution in [0.25, 0.3) is 0 Å². The number of hydrogen-bond acceptors (Lipinski definition) is 0. The Kier molecular flexibility index (Phi) is 1.83. The first kappa shape index (κ1) is 7.35. The Morgan fingerprint density at radius 1 is 1.25 bits per heavy atom. The largest absolute Gasteiger partial charge is 0.103 e. The molecule has 0 nitrogen and oxygen atoms in total. The quantitative estimate of drug-likeness (QED) is 0.539. The second kappa shape index (κ2) is 2.98. The molecular formula is C12H12. The van der Waals surface area contributed by atoms with E-state index in [1.54, 1.807) is 0 Å². The van der Waals surface area contributed by atoms with Crippen LogP contribution in [0.1, 0.15) is 6.42 Å². The first-order valence-electron chi connectivity index (χ1n) is 4.29. The molecule has 2 aliphatic carbocycles. The lowest BCUT2D eigenvalue weighted by Gasteiger charge is -2.09. The molecule has 0 spiro atoms. The Bertz CT molecular complexity index is 311. The van der Waals surface area contributed by atoms with Crippen molar-refractivity contribution in [1.82, 2.24) is 0 Å². The van der Waals surface area contributed by atoms with Crippen molar-refractivity contribution in [3.8, 4) is 0 Å². The van der Waals surface area contributed by atoms with Crippen molar-refractivity contribution in [3.63, 3.8) is 0 Å². The minimum absolute atomic E-state index is 0.532. The minimum atomic E-state index is 0.532. The van der Waals surface area contributed by atoms with Gasteiger partial charge in [-0.1, -0.05) is 42.5 Å². The molecule has 0 aromatic carbocycles. The summed E-state index contributed by atoms with van der Waals surface area (Å²) < 4.78 is 0. The van der Waals surface area contributed by atoms with Crippen LogP contribution >= 0.6 is 0 Å². The molecule has 0 heterocycles. The van der Waals surface area contributed by atoms with Crippen molar-refractivity contribution in [2.45, 2.75) is 6.42 Å². The van der Waals surface area contributed by atoms with Gasteiger partial charge in [-0.25, -0.2) is 0 Å². The molecule has 1 atom stereocenters. The van der Waals surface area contributed by atoms with Crippen molar-refractivity contribution < 1.29 is 0 Å². The fraction of sp³-hybridized carbons (Fsp3) is 0.167. The highest BCUT2D eigenvalue weighted by Crippen LogP contribution is 2.31. The van der Waals surface area contributed by atoms with E-state index in [1.807, 2.05) is 6.08 Å². The van der Waals surface area contributed by atoms with Gasteiger partial charge < -0.3 is 0 Å². The smallest absolute Gasteiger partial charge is 0.0207 e. The lowest BCUT2D eigenvalue weighted by atomic mass is 9.95. The van der Waals surface area contributed by atoms with E-state index in [0.29, 0.717) is 5.92 Å².